The molecule has 0 aliphatic heterocycles. The van der Waals surface area contributed by atoms with Gasteiger partial charge in [-0.25, -0.2) is 0 Å². The van der Waals surface area contributed by atoms with Crippen LogP contribution in [0.2, 0.25) is 0 Å². The minimum absolute atomic E-state index is 0.281. The number of hydrogen-bond acceptors (Lipinski definition) is 0. The first-order valence-corrected chi connectivity index (χ1v) is 13.3. The first-order valence-electron chi connectivity index (χ1n) is 11.3. The Balaban J connectivity index is 0.000000405. The van der Waals surface area contributed by atoms with Crippen LogP contribution in [0.3, 0.4) is 0 Å². The number of hydrogen-bond donors (Lipinski definition) is 0. The topological polar surface area (TPSA) is 21.4 Å². The Morgan fingerprint density at radius 2 is 0.919 bits per heavy atom. The molecule has 0 amide bonds. The van der Waals surface area contributed by atoms with Crippen LogP contribution in [-0.4, -0.2) is 10.6 Å². The van der Waals surface area contributed by atoms with Crippen molar-refractivity contribution in [2.45, 2.75) is 13.8 Å². The Morgan fingerprint density at radius 3 is 1.30 bits per heavy atom. The zero-order chi connectivity index (χ0) is 27.1. The van der Waals surface area contributed by atoms with Crippen molar-refractivity contribution in [3.05, 3.63) is 125 Å². The SMILES string of the molecule is Cc1cc(C(=C2C=CC(=[OH+])C=C2)c2cc(C)c3cccccc2-3)c2cccccc1-2.F[P-](F)(F)(F)(F)F. The summed E-state index contributed by atoms with van der Waals surface area (Å²) in [5.41, 5.74) is 12.3. The number of fused-ring (bicyclic) bond motifs is 2. The first-order chi connectivity index (χ1) is 17.1. The fourth-order valence-electron chi connectivity index (χ4n) is 4.49. The molecule has 0 aromatic rings. The normalized spacial score (nSPS) is 15.2. The molecule has 0 fully saturated rings. The van der Waals surface area contributed by atoms with Crippen LogP contribution in [0.1, 0.15) is 22.3 Å². The molecule has 0 atom stereocenters. The average molecular weight is 532 g/mol. The summed E-state index contributed by atoms with van der Waals surface area (Å²) < 4.78 is 59.2. The van der Waals surface area contributed by atoms with Gasteiger partial charge in [0.25, 0.3) is 0 Å². The Labute approximate surface area is 210 Å². The van der Waals surface area contributed by atoms with E-state index >= 15 is 0 Å². The molecule has 1 N–H and O–H groups in total. The minimum atomic E-state index is -10.7. The number of rotatable bonds is 2. The Morgan fingerprint density at radius 1 is 0.568 bits per heavy atom. The number of carbonyl (C=O) groups excluding carboxylic acids is 1. The monoisotopic (exact) mass is 532 g/mol. The van der Waals surface area contributed by atoms with E-state index in [9.17, 15) is 30.0 Å². The summed E-state index contributed by atoms with van der Waals surface area (Å²) >= 11 is 0. The van der Waals surface area contributed by atoms with E-state index in [-0.39, 0.29) is 5.78 Å². The average Bonchev–Trinajstić information content (AvgIpc) is 3.05. The van der Waals surface area contributed by atoms with Crippen molar-refractivity contribution >= 4 is 19.2 Å². The molecule has 0 unspecified atom stereocenters. The molecule has 5 aliphatic carbocycles. The maximum atomic E-state index is 9.89. The van der Waals surface area contributed by atoms with E-state index in [2.05, 4.69) is 86.6 Å². The summed E-state index contributed by atoms with van der Waals surface area (Å²) in [6.07, 6.45) is 7.56. The van der Waals surface area contributed by atoms with Gasteiger partial charge in [-0.15, -0.1) is 0 Å². The summed E-state index contributed by atoms with van der Waals surface area (Å²) in [6.45, 7) is 4.35. The predicted octanol–water partition coefficient (Wildman–Crippen LogP) is 10.4. The molecule has 0 bridgehead atoms. The van der Waals surface area contributed by atoms with Crippen molar-refractivity contribution in [1.82, 2.24) is 0 Å². The van der Waals surface area contributed by atoms with Crippen LogP contribution in [0.15, 0.2) is 103 Å². The van der Waals surface area contributed by atoms with Gasteiger partial charge in [-0.05, 0) is 81.7 Å². The molecule has 192 valence electrons. The second-order valence-corrected chi connectivity index (χ2v) is 10.8. The third-order valence-corrected chi connectivity index (χ3v) is 5.92. The van der Waals surface area contributed by atoms with Crippen LogP contribution in [-0.2, 0) is 0 Å². The summed E-state index contributed by atoms with van der Waals surface area (Å²) in [5.74, 6) is 0.281. The van der Waals surface area contributed by atoms with Gasteiger partial charge in [-0.1, -0.05) is 72.8 Å². The fourth-order valence-corrected chi connectivity index (χ4v) is 4.49. The van der Waals surface area contributed by atoms with E-state index in [0.717, 1.165) is 5.57 Å². The van der Waals surface area contributed by atoms with E-state index in [1.165, 1.54) is 50.1 Å². The van der Waals surface area contributed by atoms with Crippen molar-refractivity contribution < 1.29 is 30.0 Å². The molecule has 5 aliphatic rings. The van der Waals surface area contributed by atoms with Gasteiger partial charge >= 0.3 is 38.8 Å². The zero-order valence-electron chi connectivity index (χ0n) is 19.9. The molecular formula is C29H23F6OP. The van der Waals surface area contributed by atoms with Gasteiger partial charge in [0, 0.05) is 12.2 Å². The summed E-state index contributed by atoms with van der Waals surface area (Å²) in [7, 11) is -10.7. The molecule has 0 spiro atoms. The van der Waals surface area contributed by atoms with Crippen molar-refractivity contribution in [2.24, 2.45) is 0 Å². The Hall–Kier alpha value is -3.70. The van der Waals surface area contributed by atoms with Crippen LogP contribution in [0.25, 0.3) is 27.8 Å². The third kappa shape index (κ3) is 6.75. The van der Waals surface area contributed by atoms with E-state index in [1.54, 1.807) is 12.2 Å². The maximum absolute atomic E-state index is 10.7. The quantitative estimate of drug-likeness (QED) is 0.139. The number of ketones is 1. The van der Waals surface area contributed by atoms with Gasteiger partial charge in [-0.3, -0.25) is 4.79 Å². The molecule has 8 heteroatoms. The van der Waals surface area contributed by atoms with Crippen LogP contribution < -0.4 is 0 Å². The second-order valence-electron chi connectivity index (χ2n) is 8.84. The zero-order valence-corrected chi connectivity index (χ0v) is 20.8. The first kappa shape index (κ1) is 26.4. The van der Waals surface area contributed by atoms with Gasteiger partial charge < -0.3 is 0 Å². The van der Waals surface area contributed by atoms with E-state index in [1.807, 2.05) is 12.2 Å². The van der Waals surface area contributed by atoms with Crippen molar-refractivity contribution in [3.8, 4) is 22.3 Å². The van der Waals surface area contributed by atoms with E-state index in [4.69, 9.17) is 0 Å². The number of halogens is 6. The molecule has 1 nitrogen and oxygen atoms in total. The van der Waals surface area contributed by atoms with Crippen LogP contribution in [0, 0.1) is 13.8 Å². The van der Waals surface area contributed by atoms with Gasteiger partial charge in [-0.2, -0.15) is 0 Å². The van der Waals surface area contributed by atoms with Crippen molar-refractivity contribution in [3.63, 3.8) is 0 Å². The molecule has 5 rings (SSSR count). The molecule has 0 heterocycles. The third-order valence-electron chi connectivity index (χ3n) is 5.92. The van der Waals surface area contributed by atoms with Crippen molar-refractivity contribution in [1.29, 1.82) is 0 Å². The molecule has 0 aromatic carbocycles. The van der Waals surface area contributed by atoms with Gasteiger partial charge in [0.05, 0.1) is 0 Å². The van der Waals surface area contributed by atoms with Crippen molar-refractivity contribution in [2.75, 3.05) is 0 Å². The Kier molecular flexibility index (Phi) is 6.20. The molecule has 0 radical (unpaired) electrons. The van der Waals surface area contributed by atoms with E-state index in [0.29, 0.717) is 0 Å². The summed E-state index contributed by atoms with van der Waals surface area (Å²) in [4.78, 5) is 9.89. The molecule has 0 saturated heterocycles. The molecule has 0 saturated carbocycles. The van der Waals surface area contributed by atoms with Gasteiger partial charge in [0.15, 0.2) is 0 Å². The van der Waals surface area contributed by atoms with Crippen LogP contribution in [0.4, 0.5) is 25.2 Å². The molecule has 0 aromatic heterocycles. The van der Waals surface area contributed by atoms with Gasteiger partial charge in [0.1, 0.15) is 0 Å². The van der Waals surface area contributed by atoms with E-state index < -0.39 is 7.81 Å². The van der Waals surface area contributed by atoms with Crippen LogP contribution >= 0.6 is 7.81 Å². The summed E-state index contributed by atoms with van der Waals surface area (Å²) in [6, 6.07) is 25.9. The molecular weight excluding hydrogens is 509 g/mol. The van der Waals surface area contributed by atoms with Gasteiger partial charge in [0.2, 0.25) is 0 Å². The van der Waals surface area contributed by atoms with Crippen LogP contribution in [0.5, 0.6) is 0 Å². The second kappa shape index (κ2) is 8.70. The predicted molar refractivity (Wildman–Crippen MR) is 140 cm³/mol. The standard InChI is InChI=1S/C29H22O.F6P/c1-19-17-27(25-11-7-3-5-9-23(19)25)29(21-13-15-22(30)16-14-21)28-18-20(2)24-10-6-4-8-12-26(24)28;1-7(2,3,4,5)6/h3-18H,1-2H3;/q;-1/p+1. The Bertz CT molecular complexity index is 1440. The summed E-state index contributed by atoms with van der Waals surface area (Å²) in [5, 5.41) is 0. The number of allylic oxidation sites excluding steroid dienone is 5. The fraction of sp³-hybridized carbons (Fsp3) is 0.0690. The molecule has 37 heavy (non-hydrogen) atoms. The number of aryl methyl sites for hydroxylation is 2.